The average molecular weight is 458 g/mol. The van der Waals surface area contributed by atoms with Crippen LogP contribution in [0, 0.1) is 28.6 Å². The smallest absolute Gasteiger partial charge is 0.180 e. The number of rotatable bonds is 8. The first-order valence-corrected chi connectivity index (χ1v) is 13.5. The average Bonchev–Trinajstić information content (AvgIpc) is 2.71. The maximum Gasteiger partial charge on any atom is 0.180 e. The van der Waals surface area contributed by atoms with Crippen molar-refractivity contribution >= 4 is 17.4 Å². The van der Waals surface area contributed by atoms with Crippen molar-refractivity contribution in [3.63, 3.8) is 0 Å². The molecule has 2 saturated carbocycles. The van der Waals surface area contributed by atoms with Crippen molar-refractivity contribution in [2.75, 3.05) is 0 Å². The summed E-state index contributed by atoms with van der Waals surface area (Å²) < 4.78 is 0. The van der Waals surface area contributed by atoms with Gasteiger partial charge in [0.2, 0.25) is 0 Å². The Morgan fingerprint density at radius 2 is 1.88 bits per heavy atom. The van der Waals surface area contributed by atoms with E-state index in [4.69, 9.17) is 11.6 Å². The zero-order valence-corrected chi connectivity index (χ0v) is 21.6. The second-order valence-electron chi connectivity index (χ2n) is 12.4. The maximum absolute atomic E-state index is 13.7. The molecule has 0 amide bonds. The van der Waals surface area contributed by atoms with E-state index in [1.807, 2.05) is 0 Å². The fourth-order valence-corrected chi connectivity index (χ4v) is 7.64. The third-order valence-corrected chi connectivity index (χ3v) is 9.63. The molecule has 3 heteroatoms. The van der Waals surface area contributed by atoms with Crippen molar-refractivity contribution < 1.29 is 4.79 Å². The molecule has 0 radical (unpaired) electrons. The summed E-state index contributed by atoms with van der Waals surface area (Å²) in [6, 6.07) is -0.158. The van der Waals surface area contributed by atoms with Crippen molar-refractivity contribution in [1.82, 2.24) is 5.32 Å². The minimum absolute atomic E-state index is 0.149. The van der Waals surface area contributed by atoms with Gasteiger partial charge in [0.05, 0.1) is 6.04 Å². The van der Waals surface area contributed by atoms with Crippen molar-refractivity contribution in [1.29, 1.82) is 0 Å². The lowest BCUT2D eigenvalue weighted by atomic mass is 9.46. The molecule has 1 N–H and O–H groups in total. The minimum atomic E-state index is -0.158. The van der Waals surface area contributed by atoms with E-state index in [-0.39, 0.29) is 17.4 Å². The number of halogens is 1. The Kier molecular flexibility index (Phi) is 7.02. The number of Topliss-reactive ketones (excluding diaryl/α,β-unsaturated/α-hetero) is 1. The molecule has 0 saturated heterocycles. The first-order valence-electron chi connectivity index (χ1n) is 13.2. The fourth-order valence-electron chi connectivity index (χ4n) is 7.41. The number of hydrogen-bond donors (Lipinski definition) is 1. The van der Waals surface area contributed by atoms with Gasteiger partial charge in [0, 0.05) is 10.7 Å². The van der Waals surface area contributed by atoms with Crippen LogP contribution < -0.4 is 5.32 Å². The zero-order valence-electron chi connectivity index (χ0n) is 20.9. The number of fused-ring (bicyclic) bond motifs is 2. The summed E-state index contributed by atoms with van der Waals surface area (Å²) in [5, 5.41) is 4.71. The number of allylic oxidation sites excluding steroid dienone is 4. The molecule has 2 fully saturated rings. The predicted octanol–water partition coefficient (Wildman–Crippen LogP) is 8.08. The molecule has 0 unspecified atom stereocenters. The highest BCUT2D eigenvalue weighted by atomic mass is 35.5. The Balaban J connectivity index is 1.42. The van der Waals surface area contributed by atoms with Gasteiger partial charge in [-0.05, 0) is 79.1 Å². The van der Waals surface area contributed by atoms with Gasteiger partial charge in [-0.3, -0.25) is 4.79 Å². The molecule has 5 rings (SSSR count). The monoisotopic (exact) mass is 457 g/mol. The Morgan fingerprint density at radius 1 is 1.19 bits per heavy atom. The number of ketones is 1. The SMILES string of the molecule is C=C(CC1CCCCC1)N[C@@H](C(=O)C1=CC[C@H](C23CCC(Cl)=C(C2)C3)C(C)(C)C1)C(C)C. The zero-order chi connectivity index (χ0) is 23.1. The van der Waals surface area contributed by atoms with Crippen molar-refractivity contribution in [3.8, 4) is 0 Å². The van der Waals surface area contributed by atoms with Gasteiger partial charge < -0.3 is 5.32 Å². The summed E-state index contributed by atoms with van der Waals surface area (Å²) >= 11 is 6.42. The molecule has 2 bridgehead atoms. The highest BCUT2D eigenvalue weighted by Crippen LogP contribution is 2.65. The van der Waals surface area contributed by atoms with E-state index >= 15 is 0 Å². The first kappa shape index (κ1) is 24.1. The molecule has 5 aliphatic carbocycles. The van der Waals surface area contributed by atoms with Crippen LogP contribution in [0.15, 0.2) is 34.5 Å². The van der Waals surface area contributed by atoms with Crippen LogP contribution in [0.3, 0.4) is 0 Å². The van der Waals surface area contributed by atoms with Gasteiger partial charge in [0.1, 0.15) is 0 Å². The van der Waals surface area contributed by atoms with Crippen LogP contribution in [0.1, 0.15) is 105 Å². The summed E-state index contributed by atoms with van der Waals surface area (Å²) in [5.74, 6) is 1.94. The number of nitrogens with one attached hydrogen (secondary N) is 1. The molecule has 2 atom stereocenters. The summed E-state index contributed by atoms with van der Waals surface area (Å²) in [7, 11) is 0. The van der Waals surface area contributed by atoms with Crippen LogP contribution in [0.5, 0.6) is 0 Å². The van der Waals surface area contributed by atoms with Crippen molar-refractivity contribution in [2.45, 2.75) is 111 Å². The van der Waals surface area contributed by atoms with E-state index < -0.39 is 0 Å². The Labute approximate surface area is 201 Å². The molecule has 0 spiro atoms. The molecule has 0 aromatic carbocycles. The second-order valence-corrected chi connectivity index (χ2v) is 12.9. The van der Waals surface area contributed by atoms with Crippen LogP contribution in [0.2, 0.25) is 0 Å². The normalized spacial score (nSPS) is 28.1. The van der Waals surface area contributed by atoms with Gasteiger partial charge in [-0.1, -0.05) is 89.6 Å². The topological polar surface area (TPSA) is 29.1 Å². The van der Waals surface area contributed by atoms with Gasteiger partial charge >= 0.3 is 0 Å². The van der Waals surface area contributed by atoms with Crippen LogP contribution in [0.25, 0.3) is 0 Å². The lowest BCUT2D eigenvalue weighted by Gasteiger charge is -2.58. The van der Waals surface area contributed by atoms with Crippen LogP contribution in [-0.2, 0) is 4.79 Å². The number of carbonyl (C=O) groups excluding carboxylic acids is 1. The summed E-state index contributed by atoms with van der Waals surface area (Å²) in [5.41, 5.74) is 4.18. The summed E-state index contributed by atoms with van der Waals surface area (Å²) in [6.07, 6.45) is 16.6. The first-order chi connectivity index (χ1) is 15.1. The fraction of sp³-hybridized carbons (Fsp3) is 0.759. The van der Waals surface area contributed by atoms with E-state index in [1.54, 1.807) is 0 Å². The molecular formula is C29H44ClNO. The van der Waals surface area contributed by atoms with Crippen LogP contribution in [-0.4, -0.2) is 11.8 Å². The Bertz CT molecular complexity index is 803. The van der Waals surface area contributed by atoms with E-state index in [0.29, 0.717) is 17.1 Å². The largest absolute Gasteiger partial charge is 0.379 e. The van der Waals surface area contributed by atoms with Gasteiger partial charge in [-0.25, -0.2) is 0 Å². The summed E-state index contributed by atoms with van der Waals surface area (Å²) in [4.78, 5) is 13.7. The van der Waals surface area contributed by atoms with E-state index in [9.17, 15) is 4.79 Å². The minimum Gasteiger partial charge on any atom is -0.379 e. The van der Waals surface area contributed by atoms with E-state index in [2.05, 4.69) is 45.7 Å². The Hall–Kier alpha value is -1.02. The number of carbonyl (C=O) groups is 1. The van der Waals surface area contributed by atoms with Gasteiger partial charge in [-0.15, -0.1) is 0 Å². The molecule has 0 aromatic heterocycles. The lowest BCUT2D eigenvalue weighted by Crippen LogP contribution is -2.50. The summed E-state index contributed by atoms with van der Waals surface area (Å²) in [6.45, 7) is 13.4. The van der Waals surface area contributed by atoms with Gasteiger partial charge in [-0.2, -0.15) is 0 Å². The second kappa shape index (κ2) is 9.32. The molecule has 32 heavy (non-hydrogen) atoms. The molecule has 5 aliphatic rings. The molecule has 178 valence electrons. The van der Waals surface area contributed by atoms with E-state index in [1.165, 1.54) is 56.9 Å². The number of hydrogen-bond acceptors (Lipinski definition) is 2. The standard InChI is InChI=1S/C29H44ClNO/c1-19(2)26(31-20(3)15-21-9-7-6-8-10-21)27(32)22-11-12-25(28(4,5)16-22)29-14-13-24(30)23(17-29)18-29/h11,19,21,25-26,31H,3,6-10,12-18H2,1-2,4-5H3/t25-,26+/m0/s1. The quantitative estimate of drug-likeness (QED) is 0.399. The van der Waals surface area contributed by atoms with Crippen molar-refractivity contribution in [2.24, 2.45) is 28.6 Å². The highest BCUT2D eigenvalue weighted by molar-refractivity contribution is 6.30. The van der Waals surface area contributed by atoms with Crippen LogP contribution >= 0.6 is 11.6 Å². The van der Waals surface area contributed by atoms with Crippen molar-refractivity contribution in [3.05, 3.63) is 34.5 Å². The molecule has 2 nitrogen and oxygen atoms in total. The van der Waals surface area contributed by atoms with Gasteiger partial charge in [0.15, 0.2) is 5.78 Å². The predicted molar refractivity (Wildman–Crippen MR) is 135 cm³/mol. The molecular weight excluding hydrogens is 414 g/mol. The molecule has 0 aromatic rings. The third-order valence-electron chi connectivity index (χ3n) is 9.17. The Morgan fingerprint density at radius 3 is 2.44 bits per heavy atom. The van der Waals surface area contributed by atoms with E-state index in [0.717, 1.165) is 47.9 Å². The lowest BCUT2D eigenvalue weighted by molar-refractivity contribution is -0.119. The maximum atomic E-state index is 13.7. The molecule has 0 aliphatic heterocycles. The third kappa shape index (κ3) is 4.77. The highest BCUT2D eigenvalue weighted by Gasteiger charge is 2.55. The molecule has 0 heterocycles. The van der Waals surface area contributed by atoms with Gasteiger partial charge in [0.25, 0.3) is 0 Å². The van der Waals surface area contributed by atoms with Crippen LogP contribution in [0.4, 0.5) is 0 Å².